The number of amides is 1. The number of thiophene rings is 1. The largest absolute Gasteiger partial charge is 0.320 e. The lowest BCUT2D eigenvalue weighted by molar-refractivity contribution is 0.103. The molecule has 0 aliphatic carbocycles. The molecule has 2 heterocycles. The summed E-state index contributed by atoms with van der Waals surface area (Å²) < 4.78 is 0.964. The Morgan fingerprint density at radius 3 is 2.76 bits per heavy atom. The van der Waals surface area contributed by atoms with Crippen LogP contribution in [-0.2, 0) is 0 Å². The van der Waals surface area contributed by atoms with Crippen LogP contribution in [0.2, 0.25) is 5.02 Å². The summed E-state index contributed by atoms with van der Waals surface area (Å²) in [4.78, 5) is 16.6. The molecule has 0 aliphatic heterocycles. The Bertz CT molecular complexity index is 865. The number of rotatable bonds is 2. The van der Waals surface area contributed by atoms with Gasteiger partial charge in [-0.25, -0.2) is 4.98 Å². The van der Waals surface area contributed by atoms with Crippen LogP contribution in [0.15, 0.2) is 42.6 Å². The average Bonchev–Trinajstić information content (AvgIpc) is 2.86. The van der Waals surface area contributed by atoms with Crippen LogP contribution in [0, 0.1) is 11.3 Å². The standard InChI is InChI=1S/C15H8ClN3OS/c16-13-11-3-1-2-4-12(11)21-14(13)15(20)19-10-6-5-9(7-17)18-8-10/h1-6,8H,(H,19,20). The number of anilines is 1. The Labute approximate surface area is 129 Å². The van der Waals surface area contributed by atoms with E-state index >= 15 is 0 Å². The summed E-state index contributed by atoms with van der Waals surface area (Å²) in [6.45, 7) is 0. The minimum absolute atomic E-state index is 0.285. The first-order valence-electron chi connectivity index (χ1n) is 6.03. The number of hydrogen-bond acceptors (Lipinski definition) is 4. The van der Waals surface area contributed by atoms with E-state index in [-0.39, 0.29) is 5.91 Å². The number of halogens is 1. The number of nitrogens with zero attached hydrogens (tertiary/aromatic N) is 2. The molecule has 0 spiro atoms. The third-order valence-electron chi connectivity index (χ3n) is 2.88. The maximum absolute atomic E-state index is 12.3. The molecular weight excluding hydrogens is 306 g/mol. The highest BCUT2D eigenvalue weighted by molar-refractivity contribution is 7.21. The van der Waals surface area contributed by atoms with Crippen molar-refractivity contribution in [1.29, 1.82) is 5.26 Å². The number of carbonyl (C=O) groups excluding carboxylic acids is 1. The summed E-state index contributed by atoms with van der Waals surface area (Å²) in [6, 6.07) is 12.7. The molecule has 0 radical (unpaired) electrons. The number of aromatic nitrogens is 1. The molecule has 1 N–H and O–H groups in total. The van der Waals surface area contributed by atoms with Gasteiger partial charge in [0.1, 0.15) is 16.6 Å². The molecule has 0 saturated heterocycles. The van der Waals surface area contributed by atoms with Crippen LogP contribution < -0.4 is 5.32 Å². The van der Waals surface area contributed by atoms with Gasteiger partial charge in [0.15, 0.2) is 0 Å². The number of nitriles is 1. The topological polar surface area (TPSA) is 65.8 Å². The minimum atomic E-state index is -0.285. The van der Waals surface area contributed by atoms with Gasteiger partial charge in [-0.1, -0.05) is 29.8 Å². The predicted octanol–water partition coefficient (Wildman–Crippen LogP) is 4.07. The van der Waals surface area contributed by atoms with Crippen molar-refractivity contribution in [3.63, 3.8) is 0 Å². The first-order chi connectivity index (χ1) is 10.2. The monoisotopic (exact) mass is 313 g/mol. The van der Waals surface area contributed by atoms with Crippen LogP contribution in [0.5, 0.6) is 0 Å². The fourth-order valence-electron chi connectivity index (χ4n) is 1.88. The van der Waals surface area contributed by atoms with Gasteiger partial charge < -0.3 is 5.32 Å². The van der Waals surface area contributed by atoms with Gasteiger partial charge in [-0.2, -0.15) is 5.26 Å². The van der Waals surface area contributed by atoms with Crippen LogP contribution in [0.4, 0.5) is 5.69 Å². The van der Waals surface area contributed by atoms with Crippen LogP contribution >= 0.6 is 22.9 Å². The number of pyridine rings is 1. The van der Waals surface area contributed by atoms with Crippen LogP contribution in [-0.4, -0.2) is 10.9 Å². The second kappa shape index (κ2) is 5.52. The highest BCUT2D eigenvalue weighted by Crippen LogP contribution is 2.35. The molecule has 0 bridgehead atoms. The van der Waals surface area contributed by atoms with Gasteiger partial charge in [-0.15, -0.1) is 11.3 Å². The SMILES string of the molecule is N#Cc1ccc(NC(=O)c2sc3ccccc3c2Cl)cn1. The van der Waals surface area contributed by atoms with E-state index in [0.29, 0.717) is 21.3 Å². The van der Waals surface area contributed by atoms with Crippen molar-refractivity contribution in [3.8, 4) is 6.07 Å². The van der Waals surface area contributed by atoms with Crippen molar-refractivity contribution < 1.29 is 4.79 Å². The third-order valence-corrected chi connectivity index (χ3v) is 4.55. The zero-order chi connectivity index (χ0) is 14.8. The zero-order valence-corrected chi connectivity index (χ0v) is 12.2. The Kier molecular flexibility index (Phi) is 3.57. The van der Waals surface area contributed by atoms with E-state index in [9.17, 15) is 4.79 Å². The van der Waals surface area contributed by atoms with Gasteiger partial charge in [0.25, 0.3) is 5.91 Å². The molecule has 21 heavy (non-hydrogen) atoms. The lowest BCUT2D eigenvalue weighted by Gasteiger charge is -2.03. The Morgan fingerprint density at radius 1 is 1.29 bits per heavy atom. The molecule has 0 saturated carbocycles. The van der Waals surface area contributed by atoms with Crippen molar-refractivity contribution >= 4 is 44.6 Å². The molecule has 1 amide bonds. The highest BCUT2D eigenvalue weighted by Gasteiger charge is 2.17. The first-order valence-corrected chi connectivity index (χ1v) is 7.23. The van der Waals surface area contributed by atoms with Crippen molar-refractivity contribution in [1.82, 2.24) is 4.98 Å². The van der Waals surface area contributed by atoms with Gasteiger partial charge in [-0.3, -0.25) is 4.79 Å². The molecule has 0 unspecified atom stereocenters. The number of benzene rings is 1. The van der Waals surface area contributed by atoms with Crippen molar-refractivity contribution in [2.45, 2.75) is 0 Å². The molecule has 6 heteroatoms. The Hall–Kier alpha value is -2.42. The summed E-state index contributed by atoms with van der Waals surface area (Å²) in [7, 11) is 0. The third kappa shape index (κ3) is 2.59. The Morgan fingerprint density at radius 2 is 2.10 bits per heavy atom. The van der Waals surface area contributed by atoms with Crippen molar-refractivity contribution in [2.75, 3.05) is 5.32 Å². The second-order valence-corrected chi connectivity index (χ2v) is 5.67. The second-order valence-electron chi connectivity index (χ2n) is 4.24. The van der Waals surface area contributed by atoms with E-state index < -0.39 is 0 Å². The maximum Gasteiger partial charge on any atom is 0.267 e. The van der Waals surface area contributed by atoms with E-state index in [1.165, 1.54) is 17.5 Å². The Balaban J connectivity index is 1.90. The van der Waals surface area contributed by atoms with Gasteiger partial charge in [0.2, 0.25) is 0 Å². The molecular formula is C15H8ClN3OS. The lowest BCUT2D eigenvalue weighted by atomic mass is 10.2. The lowest BCUT2D eigenvalue weighted by Crippen LogP contribution is -2.10. The molecule has 102 valence electrons. The molecule has 3 aromatic rings. The summed E-state index contributed by atoms with van der Waals surface area (Å²) in [6.07, 6.45) is 1.44. The molecule has 0 fully saturated rings. The first kappa shape index (κ1) is 13.6. The van der Waals surface area contributed by atoms with Gasteiger partial charge in [0.05, 0.1) is 16.9 Å². The number of hydrogen-bond donors (Lipinski definition) is 1. The van der Waals surface area contributed by atoms with Gasteiger partial charge >= 0.3 is 0 Å². The fourth-order valence-corrected chi connectivity index (χ4v) is 3.29. The smallest absolute Gasteiger partial charge is 0.267 e. The van der Waals surface area contributed by atoms with Crippen molar-refractivity contribution in [2.24, 2.45) is 0 Å². The number of fused-ring (bicyclic) bond motifs is 1. The minimum Gasteiger partial charge on any atom is -0.320 e. The summed E-state index contributed by atoms with van der Waals surface area (Å²) >= 11 is 7.60. The molecule has 1 aromatic carbocycles. The predicted molar refractivity (Wildman–Crippen MR) is 83.7 cm³/mol. The van der Waals surface area contributed by atoms with Crippen LogP contribution in [0.1, 0.15) is 15.4 Å². The van der Waals surface area contributed by atoms with Crippen LogP contribution in [0.25, 0.3) is 10.1 Å². The van der Waals surface area contributed by atoms with Gasteiger partial charge in [0, 0.05) is 10.1 Å². The number of carbonyl (C=O) groups is 1. The van der Waals surface area contributed by atoms with E-state index in [1.54, 1.807) is 12.1 Å². The molecule has 3 rings (SSSR count). The summed E-state index contributed by atoms with van der Waals surface area (Å²) in [5.41, 5.74) is 0.820. The summed E-state index contributed by atoms with van der Waals surface area (Å²) in [5, 5.41) is 12.7. The van der Waals surface area contributed by atoms with Crippen molar-refractivity contribution in [3.05, 3.63) is 58.2 Å². The van der Waals surface area contributed by atoms with Gasteiger partial charge in [-0.05, 0) is 18.2 Å². The number of nitrogens with one attached hydrogen (secondary N) is 1. The fraction of sp³-hybridized carbons (Fsp3) is 0. The summed E-state index contributed by atoms with van der Waals surface area (Å²) in [5.74, 6) is -0.285. The van der Waals surface area contributed by atoms with E-state index in [4.69, 9.17) is 16.9 Å². The molecule has 0 aliphatic rings. The highest BCUT2D eigenvalue weighted by atomic mass is 35.5. The quantitative estimate of drug-likeness (QED) is 0.775. The van der Waals surface area contributed by atoms with Crippen LogP contribution in [0.3, 0.4) is 0 Å². The van der Waals surface area contributed by atoms with E-state index in [0.717, 1.165) is 10.1 Å². The molecule has 4 nitrogen and oxygen atoms in total. The molecule has 2 aromatic heterocycles. The zero-order valence-electron chi connectivity index (χ0n) is 10.6. The maximum atomic E-state index is 12.3. The average molecular weight is 314 g/mol. The molecule has 0 atom stereocenters. The van der Waals surface area contributed by atoms with E-state index in [1.807, 2.05) is 30.3 Å². The normalized spacial score (nSPS) is 10.3. The van der Waals surface area contributed by atoms with E-state index in [2.05, 4.69) is 10.3 Å².